The van der Waals surface area contributed by atoms with Crippen molar-refractivity contribution in [3.05, 3.63) is 29.8 Å². The van der Waals surface area contributed by atoms with Crippen LogP contribution in [0.2, 0.25) is 0 Å². The fourth-order valence-corrected chi connectivity index (χ4v) is 2.23. The second kappa shape index (κ2) is 6.92. The van der Waals surface area contributed by atoms with Crippen LogP contribution in [0.15, 0.2) is 24.3 Å². The van der Waals surface area contributed by atoms with Crippen molar-refractivity contribution in [3.8, 4) is 5.75 Å². The Labute approximate surface area is 117 Å². The van der Waals surface area contributed by atoms with Gasteiger partial charge in [0.15, 0.2) is 0 Å². The highest BCUT2D eigenvalue weighted by Crippen LogP contribution is 2.32. The lowest BCUT2D eigenvalue weighted by Crippen LogP contribution is -2.39. The Kier molecular flexibility index (Phi) is 5.83. The van der Waals surface area contributed by atoms with Crippen LogP contribution in [0.5, 0.6) is 5.75 Å². The van der Waals surface area contributed by atoms with E-state index in [0.29, 0.717) is 13.2 Å². The molecular weight excluding hydrogens is 238 g/mol. The summed E-state index contributed by atoms with van der Waals surface area (Å²) in [6, 6.07) is 7.82. The number of benzene rings is 1. The van der Waals surface area contributed by atoms with Crippen molar-refractivity contribution in [2.75, 3.05) is 13.2 Å². The first-order chi connectivity index (χ1) is 8.90. The van der Waals surface area contributed by atoms with Gasteiger partial charge in [-0.05, 0) is 37.0 Å². The zero-order chi connectivity index (χ0) is 14.5. The zero-order valence-electron chi connectivity index (χ0n) is 12.8. The first kappa shape index (κ1) is 16.0. The third kappa shape index (κ3) is 4.51. The summed E-state index contributed by atoms with van der Waals surface area (Å²) in [5.41, 5.74) is 7.45. The maximum atomic E-state index is 6.40. The van der Waals surface area contributed by atoms with Crippen molar-refractivity contribution in [2.24, 2.45) is 11.1 Å². The van der Waals surface area contributed by atoms with Crippen molar-refractivity contribution in [1.82, 2.24) is 0 Å². The summed E-state index contributed by atoms with van der Waals surface area (Å²) in [5.74, 6) is 0.861. The molecule has 3 heteroatoms. The Morgan fingerprint density at radius 1 is 1.16 bits per heavy atom. The van der Waals surface area contributed by atoms with Crippen LogP contribution in [0.1, 0.15) is 46.2 Å². The smallest absolute Gasteiger partial charge is 0.119 e. The topological polar surface area (TPSA) is 44.5 Å². The standard InChI is InChI=1S/C16H27NO2/c1-6-18-13-10-8-9-12(11-13)14(17)15(19-7-2)16(3,4)5/h8-11,14-15H,6-7,17H2,1-5H3. The Hall–Kier alpha value is -1.06. The van der Waals surface area contributed by atoms with E-state index in [0.717, 1.165) is 11.3 Å². The summed E-state index contributed by atoms with van der Waals surface area (Å²) in [6.45, 7) is 11.8. The summed E-state index contributed by atoms with van der Waals surface area (Å²) in [7, 11) is 0. The van der Waals surface area contributed by atoms with Gasteiger partial charge in [0.2, 0.25) is 0 Å². The van der Waals surface area contributed by atoms with Gasteiger partial charge in [0, 0.05) is 6.61 Å². The summed E-state index contributed by atoms with van der Waals surface area (Å²) >= 11 is 0. The van der Waals surface area contributed by atoms with Crippen LogP contribution in [-0.4, -0.2) is 19.3 Å². The van der Waals surface area contributed by atoms with E-state index in [-0.39, 0.29) is 17.6 Å². The third-order valence-electron chi connectivity index (χ3n) is 3.08. The van der Waals surface area contributed by atoms with Crippen LogP contribution >= 0.6 is 0 Å². The van der Waals surface area contributed by atoms with E-state index in [4.69, 9.17) is 15.2 Å². The lowest BCUT2D eigenvalue weighted by Gasteiger charge is -2.35. The Morgan fingerprint density at radius 3 is 2.37 bits per heavy atom. The zero-order valence-corrected chi connectivity index (χ0v) is 12.8. The summed E-state index contributed by atoms with van der Waals surface area (Å²) in [6.07, 6.45) is -0.0191. The van der Waals surface area contributed by atoms with Crippen molar-refractivity contribution in [2.45, 2.75) is 46.8 Å². The molecule has 108 valence electrons. The molecule has 0 fully saturated rings. The molecule has 19 heavy (non-hydrogen) atoms. The average molecular weight is 265 g/mol. The van der Waals surface area contributed by atoms with Crippen molar-refractivity contribution >= 4 is 0 Å². The summed E-state index contributed by atoms with van der Waals surface area (Å²) in [5, 5.41) is 0. The lowest BCUT2D eigenvalue weighted by atomic mass is 9.82. The van der Waals surface area contributed by atoms with E-state index >= 15 is 0 Å². The number of nitrogens with two attached hydrogens (primary N) is 1. The summed E-state index contributed by atoms with van der Waals surface area (Å²) < 4.78 is 11.4. The average Bonchev–Trinajstić information content (AvgIpc) is 2.34. The van der Waals surface area contributed by atoms with Crippen molar-refractivity contribution in [3.63, 3.8) is 0 Å². The molecule has 1 aromatic rings. The molecule has 2 N–H and O–H groups in total. The highest BCUT2D eigenvalue weighted by molar-refractivity contribution is 5.31. The van der Waals surface area contributed by atoms with Gasteiger partial charge in [-0.25, -0.2) is 0 Å². The van der Waals surface area contributed by atoms with Gasteiger partial charge in [-0.3, -0.25) is 0 Å². The quantitative estimate of drug-likeness (QED) is 0.855. The van der Waals surface area contributed by atoms with Crippen LogP contribution in [0.4, 0.5) is 0 Å². The molecule has 0 heterocycles. The monoisotopic (exact) mass is 265 g/mol. The first-order valence-corrected chi connectivity index (χ1v) is 7.00. The number of rotatable bonds is 6. The minimum absolute atomic E-state index is 0.00293. The first-order valence-electron chi connectivity index (χ1n) is 7.00. The molecule has 0 aliphatic heterocycles. The lowest BCUT2D eigenvalue weighted by molar-refractivity contribution is -0.0283. The molecule has 2 unspecified atom stereocenters. The van der Waals surface area contributed by atoms with Gasteiger partial charge < -0.3 is 15.2 Å². The second-order valence-electron chi connectivity index (χ2n) is 5.77. The molecule has 0 aromatic heterocycles. The third-order valence-corrected chi connectivity index (χ3v) is 3.08. The number of hydrogen-bond donors (Lipinski definition) is 1. The number of hydrogen-bond acceptors (Lipinski definition) is 3. The van der Waals surface area contributed by atoms with Crippen molar-refractivity contribution < 1.29 is 9.47 Å². The molecule has 0 aliphatic carbocycles. The van der Waals surface area contributed by atoms with Crippen LogP contribution in [0, 0.1) is 5.41 Å². The van der Waals surface area contributed by atoms with Gasteiger partial charge in [-0.2, -0.15) is 0 Å². The minimum atomic E-state index is -0.152. The van der Waals surface area contributed by atoms with E-state index in [1.54, 1.807) is 0 Å². The molecule has 0 saturated carbocycles. The van der Waals surface area contributed by atoms with Crippen LogP contribution in [-0.2, 0) is 4.74 Å². The maximum Gasteiger partial charge on any atom is 0.119 e. The molecule has 1 aromatic carbocycles. The van der Waals surface area contributed by atoms with Gasteiger partial charge in [0.1, 0.15) is 5.75 Å². The van der Waals surface area contributed by atoms with E-state index in [9.17, 15) is 0 Å². The molecule has 0 aliphatic rings. The molecule has 0 amide bonds. The molecule has 0 spiro atoms. The largest absolute Gasteiger partial charge is 0.494 e. The van der Waals surface area contributed by atoms with E-state index in [1.807, 2.05) is 38.1 Å². The molecule has 0 radical (unpaired) electrons. The minimum Gasteiger partial charge on any atom is -0.494 e. The van der Waals surface area contributed by atoms with Crippen LogP contribution in [0.25, 0.3) is 0 Å². The molecule has 2 atom stereocenters. The van der Waals surface area contributed by atoms with Gasteiger partial charge in [0.05, 0.1) is 18.8 Å². The Morgan fingerprint density at radius 2 is 1.84 bits per heavy atom. The highest BCUT2D eigenvalue weighted by atomic mass is 16.5. The van der Waals surface area contributed by atoms with Gasteiger partial charge >= 0.3 is 0 Å². The summed E-state index contributed by atoms with van der Waals surface area (Å²) in [4.78, 5) is 0. The molecule has 0 bridgehead atoms. The van der Waals surface area contributed by atoms with E-state index in [2.05, 4.69) is 20.8 Å². The van der Waals surface area contributed by atoms with Gasteiger partial charge in [-0.1, -0.05) is 32.9 Å². The van der Waals surface area contributed by atoms with Crippen molar-refractivity contribution in [1.29, 1.82) is 0 Å². The van der Waals surface area contributed by atoms with Crippen LogP contribution in [0.3, 0.4) is 0 Å². The van der Waals surface area contributed by atoms with E-state index < -0.39 is 0 Å². The fourth-order valence-electron chi connectivity index (χ4n) is 2.23. The SMILES string of the molecule is CCOc1cccc(C(N)C(OCC)C(C)(C)C)c1. The normalized spacial score (nSPS) is 15.1. The molecule has 3 nitrogen and oxygen atoms in total. The van der Waals surface area contributed by atoms with Gasteiger partial charge in [-0.15, -0.1) is 0 Å². The second-order valence-corrected chi connectivity index (χ2v) is 5.77. The van der Waals surface area contributed by atoms with Crippen LogP contribution < -0.4 is 10.5 Å². The van der Waals surface area contributed by atoms with E-state index in [1.165, 1.54) is 0 Å². The van der Waals surface area contributed by atoms with Gasteiger partial charge in [0.25, 0.3) is 0 Å². The fraction of sp³-hybridized carbons (Fsp3) is 0.625. The molecular formula is C16H27NO2. The number of ether oxygens (including phenoxy) is 2. The predicted octanol–water partition coefficient (Wildman–Crippen LogP) is 3.54. The Bertz CT molecular complexity index is 385. The molecule has 1 rings (SSSR count). The maximum absolute atomic E-state index is 6.40. The molecule has 0 saturated heterocycles. The Balaban J connectivity index is 2.95. The predicted molar refractivity (Wildman–Crippen MR) is 79.4 cm³/mol. The highest BCUT2D eigenvalue weighted by Gasteiger charge is 2.31.